The molecule has 1 saturated heterocycles. The van der Waals surface area contributed by atoms with E-state index < -0.39 is 23.3 Å². The quantitative estimate of drug-likeness (QED) is 0.153. The van der Waals surface area contributed by atoms with E-state index in [2.05, 4.69) is 4.98 Å². The van der Waals surface area contributed by atoms with Gasteiger partial charge in [0.05, 0.1) is 66.9 Å². The van der Waals surface area contributed by atoms with E-state index in [1.54, 1.807) is 64.8 Å². The monoisotopic (exact) mass is 796 g/mol. The molecule has 0 spiro atoms. The number of aromatic nitrogens is 2. The summed E-state index contributed by atoms with van der Waals surface area (Å²) in [6.45, 7) is 0.709. The van der Waals surface area contributed by atoms with Crippen LogP contribution in [-0.2, 0) is 29.2 Å². The predicted octanol–water partition coefficient (Wildman–Crippen LogP) is 4.65. The highest BCUT2D eigenvalue weighted by atomic mass is 16.5. The second-order valence-corrected chi connectivity index (χ2v) is 12.7. The van der Waals surface area contributed by atoms with E-state index in [0.29, 0.717) is 47.9 Å². The van der Waals surface area contributed by atoms with Gasteiger partial charge in [0, 0.05) is 60.5 Å². The van der Waals surface area contributed by atoms with Crippen molar-refractivity contribution in [1.82, 2.24) is 14.5 Å². The Morgan fingerprint density at radius 1 is 0.603 bits per heavy atom. The highest BCUT2D eigenvalue weighted by molar-refractivity contribution is 6.29. The number of ether oxygens (including phenoxy) is 6. The number of aromatic hydroxyl groups is 2. The van der Waals surface area contributed by atoms with Crippen LogP contribution in [0.1, 0.15) is 61.5 Å². The molecule has 1 aliphatic carbocycles. The molecule has 16 nitrogen and oxygen atoms in total. The summed E-state index contributed by atoms with van der Waals surface area (Å²) in [5.41, 5.74) is 7.45. The van der Waals surface area contributed by atoms with Gasteiger partial charge in [0.1, 0.15) is 45.8 Å². The molecule has 2 aromatic heterocycles. The Morgan fingerprint density at radius 2 is 1.05 bits per heavy atom. The van der Waals surface area contributed by atoms with Crippen molar-refractivity contribution in [1.29, 1.82) is 0 Å². The minimum absolute atomic E-state index is 0.0256. The summed E-state index contributed by atoms with van der Waals surface area (Å²) < 4.78 is 32.1. The van der Waals surface area contributed by atoms with Crippen LogP contribution >= 0.6 is 0 Å². The number of likely N-dealkylation sites (tertiary alicyclic amines) is 1. The van der Waals surface area contributed by atoms with E-state index in [0.717, 1.165) is 27.2 Å². The number of carbonyl (C=O) groups excluding carboxylic acids is 4. The predicted molar refractivity (Wildman–Crippen MR) is 209 cm³/mol. The second kappa shape index (κ2) is 18.7. The number of methoxy groups -OCH3 is 6. The molecule has 0 saturated carbocycles. The van der Waals surface area contributed by atoms with Crippen molar-refractivity contribution in [2.75, 3.05) is 42.7 Å². The number of pyridine rings is 1. The number of benzene rings is 3. The summed E-state index contributed by atoms with van der Waals surface area (Å²) in [4.78, 5) is 53.9. The zero-order chi connectivity index (χ0) is 42.1. The number of carbonyl (C=O) groups is 4. The lowest BCUT2D eigenvalue weighted by atomic mass is 9.89. The topological polar surface area (TPSA) is 211 Å². The molecule has 0 radical (unpaired) electrons. The number of hydrogen-bond donors (Lipinski definition) is 3. The van der Waals surface area contributed by atoms with E-state index in [1.807, 2.05) is 18.2 Å². The number of nitrogens with two attached hydrogens (primary N) is 1. The molecular formula is C42H44N4O12. The number of hydrogen-bond acceptors (Lipinski definition) is 14. The second-order valence-electron chi connectivity index (χ2n) is 12.7. The van der Waals surface area contributed by atoms with E-state index in [4.69, 9.17) is 34.2 Å². The molecule has 0 atom stereocenters. The van der Waals surface area contributed by atoms with Crippen LogP contribution in [0.2, 0.25) is 0 Å². The summed E-state index contributed by atoms with van der Waals surface area (Å²) >= 11 is 0. The van der Waals surface area contributed by atoms with Gasteiger partial charge in [-0.05, 0) is 42.5 Å². The zero-order valence-electron chi connectivity index (χ0n) is 32.9. The summed E-state index contributed by atoms with van der Waals surface area (Å²) in [5.74, 6) is 1.47. The van der Waals surface area contributed by atoms with Crippen LogP contribution in [0, 0.1) is 0 Å². The first-order valence-corrected chi connectivity index (χ1v) is 17.8. The molecule has 0 unspecified atom stereocenters. The summed E-state index contributed by atoms with van der Waals surface area (Å²) in [6, 6.07) is 19.0. The van der Waals surface area contributed by atoms with Gasteiger partial charge in [-0.15, -0.1) is 0 Å². The molecule has 7 rings (SSSR count). The van der Waals surface area contributed by atoms with E-state index in [1.165, 1.54) is 37.4 Å². The lowest BCUT2D eigenvalue weighted by molar-refractivity contribution is -0.139. The van der Waals surface area contributed by atoms with Crippen molar-refractivity contribution < 1.29 is 57.8 Å². The smallest absolute Gasteiger partial charge is 0.230 e. The van der Waals surface area contributed by atoms with Crippen LogP contribution in [0.4, 0.5) is 0 Å². The molecule has 4 N–H and O–H groups in total. The maximum absolute atomic E-state index is 12.8. The fourth-order valence-electron chi connectivity index (χ4n) is 6.32. The highest BCUT2D eigenvalue weighted by Crippen LogP contribution is 2.41. The molecule has 1 aliphatic heterocycles. The molecule has 3 heterocycles. The Labute approximate surface area is 334 Å². The summed E-state index contributed by atoms with van der Waals surface area (Å²) in [5, 5.41) is 21.3. The number of fused-ring (bicyclic) bond motifs is 2. The Hall–Kier alpha value is -7.07. The number of ketones is 2. The van der Waals surface area contributed by atoms with Gasteiger partial charge in [-0.25, -0.2) is 0 Å². The summed E-state index contributed by atoms with van der Waals surface area (Å²) in [6.07, 6.45) is 2.00. The zero-order valence-corrected chi connectivity index (χ0v) is 32.9. The van der Waals surface area contributed by atoms with Crippen LogP contribution in [0.3, 0.4) is 0 Å². The Kier molecular flexibility index (Phi) is 13.6. The van der Waals surface area contributed by atoms with Crippen LogP contribution < -0.4 is 34.2 Å². The van der Waals surface area contributed by atoms with E-state index >= 15 is 0 Å². The lowest BCUT2D eigenvalue weighted by Gasteiger charge is -2.16. The molecule has 3 aromatic carbocycles. The number of amides is 2. The van der Waals surface area contributed by atoms with Crippen molar-refractivity contribution in [2.24, 2.45) is 5.73 Å². The first-order valence-electron chi connectivity index (χ1n) is 17.8. The van der Waals surface area contributed by atoms with Crippen molar-refractivity contribution in [3.05, 3.63) is 112 Å². The van der Waals surface area contributed by atoms with Crippen molar-refractivity contribution in [3.63, 3.8) is 0 Å². The summed E-state index contributed by atoms with van der Waals surface area (Å²) in [7, 11) is 9.36. The van der Waals surface area contributed by atoms with Crippen molar-refractivity contribution in [3.8, 4) is 46.3 Å². The minimum atomic E-state index is -0.613. The largest absolute Gasteiger partial charge is 0.497 e. The molecule has 16 heteroatoms. The van der Waals surface area contributed by atoms with Crippen molar-refractivity contribution in [2.45, 2.75) is 32.5 Å². The first-order chi connectivity index (χ1) is 27.9. The maximum Gasteiger partial charge on any atom is 0.230 e. The van der Waals surface area contributed by atoms with Crippen LogP contribution in [0.5, 0.6) is 46.3 Å². The van der Waals surface area contributed by atoms with Crippen LogP contribution in [0.15, 0.2) is 72.9 Å². The molecule has 0 bridgehead atoms. The van der Waals surface area contributed by atoms with Gasteiger partial charge in [0.15, 0.2) is 0 Å². The Balaban J connectivity index is 0.000000183. The number of nitrogens with zero attached hydrogens (tertiary/aromatic N) is 3. The van der Waals surface area contributed by atoms with E-state index in [-0.39, 0.29) is 47.3 Å². The molecule has 58 heavy (non-hydrogen) atoms. The normalized spacial score (nSPS) is 12.7. The third-order valence-electron chi connectivity index (χ3n) is 9.44. The van der Waals surface area contributed by atoms with Crippen molar-refractivity contribution >= 4 is 23.4 Å². The minimum Gasteiger partial charge on any atom is -0.497 e. The van der Waals surface area contributed by atoms with Gasteiger partial charge < -0.3 is 44.4 Å². The van der Waals surface area contributed by atoms with Gasteiger partial charge in [-0.2, -0.15) is 0 Å². The van der Waals surface area contributed by atoms with Gasteiger partial charge >= 0.3 is 0 Å². The molecule has 2 aliphatic rings. The fraction of sp³-hybridized carbons (Fsp3) is 0.262. The third-order valence-corrected chi connectivity index (χ3v) is 9.44. The first kappa shape index (κ1) is 42.1. The van der Waals surface area contributed by atoms with Crippen LogP contribution in [-0.4, -0.2) is 90.7 Å². The number of rotatable bonds is 11. The SMILES string of the molecule is COc1ccc(CN)c(OC)c1.COc1ccc(CN2C(=O)CCC2=O)c(OC)c1.COc1ccc(Cn2c(O)c3c(c2O)C(=O)c2ncccc2C3=O)c(OC)c1. The molecule has 304 valence electrons. The third kappa shape index (κ3) is 8.66. The molecule has 5 aromatic rings. The van der Waals surface area contributed by atoms with Gasteiger partial charge in [0.2, 0.25) is 35.1 Å². The Bertz CT molecular complexity index is 2260. The van der Waals surface area contributed by atoms with Crippen LogP contribution in [0.25, 0.3) is 0 Å². The van der Waals surface area contributed by atoms with Gasteiger partial charge in [-0.1, -0.05) is 6.07 Å². The maximum atomic E-state index is 12.8. The highest BCUT2D eigenvalue weighted by Gasteiger charge is 2.39. The fourth-order valence-corrected chi connectivity index (χ4v) is 6.32. The van der Waals surface area contributed by atoms with Gasteiger partial charge in [-0.3, -0.25) is 33.6 Å². The lowest BCUT2D eigenvalue weighted by Crippen LogP contribution is -2.28. The van der Waals surface area contributed by atoms with E-state index in [9.17, 15) is 29.4 Å². The molecular weight excluding hydrogens is 752 g/mol. The average molecular weight is 797 g/mol. The standard InChI is InChI=1S/C20H16N2O6.C13H15NO4.C9H13NO2/c1-27-11-6-5-10(13(8-11)28-2)9-22-19(25)14-15(20(22)26)18(24)16-12(17(14)23)4-3-7-21-16;1-17-10-4-3-9(11(7-10)18-2)8-14-12(15)5-6-13(14)16;1-11-8-4-3-7(6-10)9(5-8)12-2/h3-8,25-26H,9H2,1-2H3;3-4,7H,5-6,8H2,1-2H3;3-5H,6,10H2,1-2H3. The Morgan fingerprint density at radius 3 is 1.52 bits per heavy atom. The molecule has 2 amide bonds. The average Bonchev–Trinajstić information content (AvgIpc) is 3.71. The number of imide groups is 1. The van der Waals surface area contributed by atoms with Gasteiger partial charge in [0.25, 0.3) is 0 Å². The molecule has 1 fully saturated rings.